The fourth-order valence-corrected chi connectivity index (χ4v) is 5.40. The number of carbonyl (C=O) groups excluding carboxylic acids is 1. The number of piperidine rings is 1. The third-order valence-electron chi connectivity index (χ3n) is 7.41. The summed E-state index contributed by atoms with van der Waals surface area (Å²) in [5.41, 5.74) is 2.77. The van der Waals surface area contributed by atoms with Gasteiger partial charge in [0.25, 0.3) is 0 Å². The topological polar surface area (TPSA) is 41.6 Å². The summed E-state index contributed by atoms with van der Waals surface area (Å²) in [6.07, 6.45) is 9.17. The normalized spacial score (nSPS) is 21.1. The number of rotatable bonds is 7. The van der Waals surface area contributed by atoms with Crippen molar-refractivity contribution in [1.29, 1.82) is 0 Å². The van der Waals surface area contributed by atoms with Crippen LogP contribution in [0.15, 0.2) is 48.5 Å². The van der Waals surface area contributed by atoms with Gasteiger partial charge in [0.1, 0.15) is 12.4 Å². The Kier molecular flexibility index (Phi) is 7.51. The van der Waals surface area contributed by atoms with Gasteiger partial charge in [-0.1, -0.05) is 55.5 Å². The number of nitrogens with one attached hydrogen (secondary N) is 1. The summed E-state index contributed by atoms with van der Waals surface area (Å²) in [6, 6.07) is 17.0. The molecule has 4 rings (SSSR count). The van der Waals surface area contributed by atoms with E-state index in [1.165, 1.54) is 37.8 Å². The Morgan fingerprint density at radius 2 is 1.84 bits per heavy atom. The number of ether oxygens (including phenoxy) is 1. The molecule has 172 valence electrons. The van der Waals surface area contributed by atoms with Crippen molar-refractivity contribution >= 4 is 11.6 Å². The zero-order valence-electron chi connectivity index (χ0n) is 19.7. The van der Waals surface area contributed by atoms with E-state index < -0.39 is 5.41 Å². The average molecular weight is 435 g/mol. The lowest BCUT2D eigenvalue weighted by molar-refractivity contribution is -0.122. The molecule has 2 aromatic carbocycles. The average Bonchev–Trinajstić information content (AvgIpc) is 2.82. The lowest BCUT2D eigenvalue weighted by atomic mass is 9.68. The number of nitrogens with zero attached hydrogens (tertiary/aromatic N) is 1. The van der Waals surface area contributed by atoms with E-state index in [1.807, 2.05) is 24.3 Å². The van der Waals surface area contributed by atoms with Crippen molar-refractivity contribution in [2.45, 2.75) is 76.7 Å². The number of likely N-dealkylation sites (tertiary alicyclic amines) is 1. The first-order chi connectivity index (χ1) is 15.6. The minimum atomic E-state index is -0.426. The fourth-order valence-electron chi connectivity index (χ4n) is 5.40. The van der Waals surface area contributed by atoms with Crippen LogP contribution in [0.5, 0.6) is 5.75 Å². The van der Waals surface area contributed by atoms with Crippen LogP contribution < -0.4 is 10.1 Å². The van der Waals surface area contributed by atoms with E-state index in [0.29, 0.717) is 12.6 Å². The van der Waals surface area contributed by atoms with E-state index in [9.17, 15) is 4.79 Å². The van der Waals surface area contributed by atoms with Gasteiger partial charge in [0.2, 0.25) is 5.91 Å². The Labute approximate surface area is 193 Å². The number of hydrogen-bond donors (Lipinski definition) is 1. The van der Waals surface area contributed by atoms with Crippen molar-refractivity contribution in [1.82, 2.24) is 4.90 Å². The van der Waals surface area contributed by atoms with Crippen molar-refractivity contribution in [2.75, 3.05) is 25.0 Å². The number of carbonyl (C=O) groups is 1. The van der Waals surface area contributed by atoms with Gasteiger partial charge >= 0.3 is 0 Å². The van der Waals surface area contributed by atoms with Crippen LogP contribution in [-0.4, -0.2) is 36.5 Å². The van der Waals surface area contributed by atoms with Crippen LogP contribution >= 0.6 is 0 Å². The fraction of sp³-hybridized carbons (Fsp3) is 0.536. The van der Waals surface area contributed by atoms with Crippen molar-refractivity contribution in [3.8, 4) is 5.75 Å². The summed E-state index contributed by atoms with van der Waals surface area (Å²) in [4.78, 5) is 16.0. The standard InChI is InChI=1S/C28H38N2O2/c1-22-9-8-11-24(21-22)28(16-5-3-6-17-28)27(31)29-25-12-14-26(15-13-25)32-20-19-30-18-7-4-10-23(30)2/h8-9,11-15,21,23H,3-7,10,16-20H2,1-2H3,(H,29,31). The summed E-state index contributed by atoms with van der Waals surface area (Å²) in [7, 11) is 0. The first-order valence-corrected chi connectivity index (χ1v) is 12.4. The lowest BCUT2D eigenvalue weighted by Crippen LogP contribution is -2.42. The van der Waals surface area contributed by atoms with E-state index in [4.69, 9.17) is 4.74 Å². The summed E-state index contributed by atoms with van der Waals surface area (Å²) in [5.74, 6) is 0.981. The van der Waals surface area contributed by atoms with Gasteiger partial charge in [0, 0.05) is 18.3 Å². The second kappa shape index (κ2) is 10.5. The molecule has 1 unspecified atom stereocenters. The molecule has 4 nitrogen and oxygen atoms in total. The Balaban J connectivity index is 1.37. The first kappa shape index (κ1) is 22.8. The molecule has 1 aliphatic carbocycles. The van der Waals surface area contributed by atoms with Gasteiger partial charge in [0.15, 0.2) is 0 Å². The lowest BCUT2D eigenvalue weighted by Gasteiger charge is -2.36. The second-order valence-corrected chi connectivity index (χ2v) is 9.72. The maximum absolute atomic E-state index is 13.5. The molecule has 4 heteroatoms. The Bertz CT molecular complexity index is 887. The maximum atomic E-state index is 13.5. The number of amides is 1. The molecule has 1 N–H and O–H groups in total. The molecule has 1 heterocycles. The van der Waals surface area contributed by atoms with Gasteiger partial charge in [-0.25, -0.2) is 0 Å². The van der Waals surface area contributed by atoms with Crippen LogP contribution in [0.2, 0.25) is 0 Å². The van der Waals surface area contributed by atoms with Gasteiger partial charge in [0.05, 0.1) is 5.41 Å². The van der Waals surface area contributed by atoms with Crippen LogP contribution in [-0.2, 0) is 10.2 Å². The number of hydrogen-bond acceptors (Lipinski definition) is 3. The number of benzene rings is 2. The summed E-state index contributed by atoms with van der Waals surface area (Å²) < 4.78 is 5.98. The first-order valence-electron chi connectivity index (χ1n) is 12.4. The molecule has 2 aromatic rings. The van der Waals surface area contributed by atoms with Gasteiger partial charge < -0.3 is 10.1 Å². The highest BCUT2D eigenvalue weighted by atomic mass is 16.5. The molecule has 0 bridgehead atoms. The highest BCUT2D eigenvalue weighted by molar-refractivity contribution is 5.99. The quantitative estimate of drug-likeness (QED) is 0.573. The molecule has 0 radical (unpaired) electrons. The van der Waals surface area contributed by atoms with E-state index in [1.54, 1.807) is 0 Å². The van der Waals surface area contributed by atoms with Crippen LogP contribution in [0.25, 0.3) is 0 Å². The Morgan fingerprint density at radius 1 is 1.06 bits per heavy atom. The maximum Gasteiger partial charge on any atom is 0.235 e. The number of anilines is 1. The predicted molar refractivity (Wildman–Crippen MR) is 131 cm³/mol. The van der Waals surface area contributed by atoms with E-state index >= 15 is 0 Å². The molecular weight excluding hydrogens is 396 g/mol. The van der Waals surface area contributed by atoms with E-state index in [0.717, 1.165) is 49.2 Å². The monoisotopic (exact) mass is 434 g/mol. The molecular formula is C28H38N2O2. The summed E-state index contributed by atoms with van der Waals surface area (Å²) in [6.45, 7) is 7.26. The summed E-state index contributed by atoms with van der Waals surface area (Å²) in [5, 5.41) is 3.21. The van der Waals surface area contributed by atoms with Crippen LogP contribution in [0.3, 0.4) is 0 Å². The molecule has 1 amide bonds. The third-order valence-corrected chi connectivity index (χ3v) is 7.41. The van der Waals surface area contributed by atoms with Crippen LogP contribution in [0, 0.1) is 6.92 Å². The zero-order chi connectivity index (χ0) is 22.4. The highest BCUT2D eigenvalue weighted by Crippen LogP contribution is 2.40. The van der Waals surface area contributed by atoms with Gasteiger partial charge in [-0.15, -0.1) is 0 Å². The summed E-state index contributed by atoms with van der Waals surface area (Å²) >= 11 is 0. The van der Waals surface area contributed by atoms with Crippen molar-refractivity contribution in [3.05, 3.63) is 59.7 Å². The molecule has 0 aromatic heterocycles. The van der Waals surface area contributed by atoms with Crippen molar-refractivity contribution in [3.63, 3.8) is 0 Å². The van der Waals surface area contributed by atoms with E-state index in [2.05, 4.69) is 48.3 Å². The minimum absolute atomic E-state index is 0.121. The van der Waals surface area contributed by atoms with Gasteiger partial charge in [-0.3, -0.25) is 9.69 Å². The zero-order valence-corrected chi connectivity index (χ0v) is 19.7. The molecule has 0 spiro atoms. The van der Waals surface area contributed by atoms with Gasteiger partial charge in [-0.2, -0.15) is 0 Å². The molecule has 1 saturated carbocycles. The molecule has 1 atom stereocenters. The smallest absolute Gasteiger partial charge is 0.235 e. The molecule has 1 saturated heterocycles. The van der Waals surface area contributed by atoms with Gasteiger partial charge in [-0.05, 0) is 75.9 Å². The van der Waals surface area contributed by atoms with E-state index in [-0.39, 0.29) is 5.91 Å². The molecule has 2 aliphatic rings. The third kappa shape index (κ3) is 5.35. The Morgan fingerprint density at radius 3 is 2.56 bits per heavy atom. The Hall–Kier alpha value is -2.33. The second-order valence-electron chi connectivity index (χ2n) is 9.72. The molecule has 2 fully saturated rings. The molecule has 32 heavy (non-hydrogen) atoms. The predicted octanol–water partition coefficient (Wildman–Crippen LogP) is 6.09. The van der Waals surface area contributed by atoms with Crippen LogP contribution in [0.1, 0.15) is 69.4 Å². The minimum Gasteiger partial charge on any atom is -0.492 e. The molecule has 1 aliphatic heterocycles. The number of aryl methyl sites for hydroxylation is 1. The van der Waals surface area contributed by atoms with Crippen molar-refractivity contribution in [2.24, 2.45) is 0 Å². The van der Waals surface area contributed by atoms with Crippen molar-refractivity contribution < 1.29 is 9.53 Å². The largest absolute Gasteiger partial charge is 0.492 e. The van der Waals surface area contributed by atoms with Crippen LogP contribution in [0.4, 0.5) is 5.69 Å². The SMILES string of the molecule is Cc1cccc(C2(C(=O)Nc3ccc(OCCN4CCCCC4C)cc3)CCCCC2)c1. The highest BCUT2D eigenvalue weighted by Gasteiger charge is 2.41.